The van der Waals surface area contributed by atoms with Gasteiger partial charge in [-0.25, -0.2) is 17.6 Å². The zero-order valence-electron chi connectivity index (χ0n) is 15.3. The highest BCUT2D eigenvalue weighted by atomic mass is 19.3. The van der Waals surface area contributed by atoms with Crippen LogP contribution in [-0.2, 0) is 0 Å². The molecule has 0 atom stereocenters. The van der Waals surface area contributed by atoms with Crippen molar-refractivity contribution < 1.29 is 22.3 Å². The number of halogens is 4. The largest absolute Gasteiger partial charge is 0.487 e. The van der Waals surface area contributed by atoms with E-state index in [1.165, 1.54) is 0 Å². The lowest BCUT2D eigenvalue weighted by Gasteiger charge is -2.32. The van der Waals surface area contributed by atoms with Gasteiger partial charge in [0.25, 0.3) is 6.43 Å². The second kappa shape index (κ2) is 8.33. The van der Waals surface area contributed by atoms with Crippen LogP contribution in [-0.4, -0.2) is 24.5 Å². The van der Waals surface area contributed by atoms with Crippen LogP contribution in [0.2, 0.25) is 0 Å². The molecule has 0 fully saturated rings. The van der Waals surface area contributed by atoms with E-state index in [0.717, 1.165) is 17.7 Å². The number of likely N-dealkylation sites (N-methyl/N-ethyl adjacent to an activating group) is 1. The fourth-order valence-electron chi connectivity index (χ4n) is 3.14. The van der Waals surface area contributed by atoms with E-state index in [2.05, 4.69) is 6.58 Å². The van der Waals surface area contributed by atoms with Gasteiger partial charge in [0.15, 0.2) is 0 Å². The van der Waals surface area contributed by atoms with Crippen LogP contribution in [0.15, 0.2) is 66.9 Å². The second-order valence-corrected chi connectivity index (χ2v) is 6.16. The third-order valence-corrected chi connectivity index (χ3v) is 4.34. The molecular formula is C22H19F4NO. The first-order valence-electron chi connectivity index (χ1n) is 8.77. The van der Waals surface area contributed by atoms with Crippen molar-refractivity contribution in [1.82, 2.24) is 4.90 Å². The summed E-state index contributed by atoms with van der Waals surface area (Å²) >= 11 is 0. The number of allylic oxidation sites excluding steroid dienone is 3. The van der Waals surface area contributed by atoms with Crippen LogP contribution in [0.25, 0.3) is 11.3 Å². The van der Waals surface area contributed by atoms with E-state index in [1.54, 1.807) is 17.1 Å². The molecule has 0 saturated heterocycles. The summed E-state index contributed by atoms with van der Waals surface area (Å²) in [5.74, 6) is -2.07. The molecule has 28 heavy (non-hydrogen) atoms. The summed E-state index contributed by atoms with van der Waals surface area (Å²) in [6.45, 7) is 5.31. The lowest BCUT2D eigenvalue weighted by molar-refractivity contribution is 0.0815. The highest BCUT2D eigenvalue weighted by Gasteiger charge is 2.27. The highest BCUT2D eigenvalue weighted by Crippen LogP contribution is 2.39. The Kier molecular flexibility index (Phi) is 5.87. The Morgan fingerprint density at radius 2 is 1.68 bits per heavy atom. The maximum Gasteiger partial charge on any atom is 0.272 e. The van der Waals surface area contributed by atoms with Gasteiger partial charge in [-0.1, -0.05) is 43.0 Å². The molecule has 1 aliphatic heterocycles. The molecule has 3 rings (SSSR count). The number of nitrogens with zero attached hydrogens (tertiary/aromatic N) is 1. The van der Waals surface area contributed by atoms with Crippen LogP contribution in [0.5, 0.6) is 5.75 Å². The fourth-order valence-corrected chi connectivity index (χ4v) is 3.14. The van der Waals surface area contributed by atoms with Gasteiger partial charge in [0, 0.05) is 29.9 Å². The molecule has 6 heteroatoms. The molecule has 0 aliphatic carbocycles. The van der Waals surface area contributed by atoms with E-state index in [-0.39, 0.29) is 11.3 Å². The van der Waals surface area contributed by atoms with Crippen molar-refractivity contribution in [3.63, 3.8) is 0 Å². The van der Waals surface area contributed by atoms with Gasteiger partial charge in [-0.15, -0.1) is 0 Å². The Hall–Kier alpha value is -3.02. The van der Waals surface area contributed by atoms with Gasteiger partial charge in [0.2, 0.25) is 0 Å². The molecule has 0 aromatic heterocycles. The molecule has 0 radical (unpaired) electrons. The summed E-state index contributed by atoms with van der Waals surface area (Å²) < 4.78 is 59.3. The monoisotopic (exact) mass is 389 g/mol. The van der Waals surface area contributed by atoms with Crippen LogP contribution in [0.4, 0.5) is 17.6 Å². The number of alkyl halides is 2. The summed E-state index contributed by atoms with van der Waals surface area (Å²) in [4.78, 5) is 1.71. The lowest BCUT2D eigenvalue weighted by Crippen LogP contribution is -2.24. The molecule has 0 unspecified atom stereocenters. The smallest absolute Gasteiger partial charge is 0.272 e. The van der Waals surface area contributed by atoms with Crippen molar-refractivity contribution in [3.05, 3.63) is 89.7 Å². The minimum Gasteiger partial charge on any atom is -0.487 e. The predicted octanol–water partition coefficient (Wildman–Crippen LogP) is 5.88. The molecule has 0 spiro atoms. The average Bonchev–Trinajstić information content (AvgIpc) is 2.67. The van der Waals surface area contributed by atoms with Crippen LogP contribution < -0.4 is 4.74 Å². The van der Waals surface area contributed by atoms with E-state index >= 15 is 0 Å². The van der Waals surface area contributed by atoms with Crippen LogP contribution in [0, 0.1) is 11.6 Å². The fraction of sp³-hybridized carbons (Fsp3) is 0.182. The van der Waals surface area contributed by atoms with E-state index in [4.69, 9.17) is 4.74 Å². The van der Waals surface area contributed by atoms with Crippen molar-refractivity contribution >= 4 is 11.3 Å². The third kappa shape index (κ3) is 3.96. The number of benzene rings is 2. The van der Waals surface area contributed by atoms with Gasteiger partial charge in [-0.2, -0.15) is 0 Å². The van der Waals surface area contributed by atoms with Crippen LogP contribution in [0.3, 0.4) is 0 Å². The quantitative estimate of drug-likeness (QED) is 0.572. The molecule has 146 valence electrons. The Bertz CT molecular complexity index is 912. The minimum atomic E-state index is -2.74. The topological polar surface area (TPSA) is 12.5 Å². The molecule has 2 nitrogen and oxygen atoms in total. The zero-order valence-corrected chi connectivity index (χ0v) is 15.3. The molecule has 0 N–H and O–H groups in total. The van der Waals surface area contributed by atoms with Gasteiger partial charge in [-0.3, -0.25) is 0 Å². The maximum atomic E-state index is 14.9. The van der Waals surface area contributed by atoms with E-state index in [1.807, 2.05) is 37.3 Å². The van der Waals surface area contributed by atoms with Gasteiger partial charge in [-0.05, 0) is 18.6 Å². The Morgan fingerprint density at radius 3 is 2.25 bits per heavy atom. The first kappa shape index (κ1) is 19.7. The van der Waals surface area contributed by atoms with Crippen molar-refractivity contribution in [2.45, 2.75) is 13.3 Å². The first-order chi connectivity index (χ1) is 13.4. The van der Waals surface area contributed by atoms with Gasteiger partial charge < -0.3 is 9.64 Å². The number of ether oxygens (including phenoxy) is 1. The average molecular weight is 389 g/mol. The summed E-state index contributed by atoms with van der Waals surface area (Å²) in [5, 5.41) is 0. The molecule has 2 aromatic carbocycles. The zero-order chi connectivity index (χ0) is 20.3. The second-order valence-electron chi connectivity index (χ2n) is 6.16. The minimum absolute atomic E-state index is 0.254. The molecule has 0 saturated carbocycles. The molecule has 1 heterocycles. The summed E-state index contributed by atoms with van der Waals surface area (Å²) in [7, 11) is 0. The number of hydrogen-bond donors (Lipinski definition) is 0. The van der Waals surface area contributed by atoms with Gasteiger partial charge in [0.1, 0.15) is 24.0 Å². The predicted molar refractivity (Wildman–Crippen MR) is 102 cm³/mol. The van der Waals surface area contributed by atoms with Crippen LogP contribution in [0.1, 0.15) is 18.1 Å². The van der Waals surface area contributed by atoms with Crippen molar-refractivity contribution in [2.75, 3.05) is 13.2 Å². The number of hydrogen-bond acceptors (Lipinski definition) is 2. The van der Waals surface area contributed by atoms with E-state index in [9.17, 15) is 17.6 Å². The van der Waals surface area contributed by atoms with Gasteiger partial charge in [0.05, 0.1) is 11.3 Å². The summed E-state index contributed by atoms with van der Waals surface area (Å²) in [6.07, 6.45) is 0.811. The molecule has 2 aromatic rings. The van der Waals surface area contributed by atoms with E-state index < -0.39 is 24.7 Å². The van der Waals surface area contributed by atoms with Crippen molar-refractivity contribution in [2.24, 2.45) is 0 Å². The molecule has 0 bridgehead atoms. The summed E-state index contributed by atoms with van der Waals surface area (Å²) in [5.41, 5.74) is 2.09. The van der Waals surface area contributed by atoms with Crippen LogP contribution >= 0.6 is 0 Å². The van der Waals surface area contributed by atoms with E-state index in [0.29, 0.717) is 23.5 Å². The standard InChI is InChI=1S/C22H19F4NO/c1-3-27-14(2)9-10-17(15-7-5-4-6-8-15)22(27)21-18(23)11-16(12-19(21)24)28-13-20(25)26/h4-12,20H,2-3,13H2,1H3. The molecular weight excluding hydrogens is 370 g/mol. The highest BCUT2D eigenvalue weighted by molar-refractivity contribution is 5.97. The van der Waals surface area contributed by atoms with Gasteiger partial charge >= 0.3 is 0 Å². The third-order valence-electron chi connectivity index (χ3n) is 4.34. The maximum absolute atomic E-state index is 14.9. The van der Waals surface area contributed by atoms with Crippen molar-refractivity contribution in [3.8, 4) is 5.75 Å². The Balaban J connectivity index is 2.17. The molecule has 1 aliphatic rings. The Morgan fingerprint density at radius 1 is 1.04 bits per heavy atom. The van der Waals surface area contributed by atoms with Crippen molar-refractivity contribution in [1.29, 1.82) is 0 Å². The summed E-state index contributed by atoms with van der Waals surface area (Å²) in [6, 6.07) is 11.1. The first-order valence-corrected chi connectivity index (χ1v) is 8.77. The SMILES string of the molecule is C=C1C=CC(c2ccccc2)=C(c2c(F)cc(OCC(F)F)cc2F)N1CC. The number of rotatable bonds is 6. The lowest BCUT2D eigenvalue weighted by atomic mass is 9.94. The Labute approximate surface area is 161 Å². The normalized spacial score (nSPS) is 14.2. The molecule has 0 amide bonds.